The molecule has 1 aromatic heterocycles. The predicted molar refractivity (Wildman–Crippen MR) is 62.1 cm³/mol. The Kier molecular flexibility index (Phi) is 3.19. The van der Waals surface area contributed by atoms with E-state index in [1.165, 1.54) is 25.5 Å². The van der Waals surface area contributed by atoms with E-state index >= 15 is 0 Å². The lowest BCUT2D eigenvalue weighted by atomic mass is 9.72. The van der Waals surface area contributed by atoms with E-state index in [0.29, 0.717) is 0 Å². The van der Waals surface area contributed by atoms with Crippen molar-refractivity contribution in [3.63, 3.8) is 0 Å². The molecule has 2 rings (SSSR count). The molecule has 0 radical (unpaired) electrons. The zero-order chi connectivity index (χ0) is 10.7. The zero-order valence-corrected chi connectivity index (χ0v) is 9.98. The molecule has 0 bridgehead atoms. The van der Waals surface area contributed by atoms with Crippen LogP contribution < -0.4 is 0 Å². The molecule has 1 fully saturated rings. The highest BCUT2D eigenvalue weighted by Gasteiger charge is 2.32. The van der Waals surface area contributed by atoms with Crippen LogP contribution in [-0.2, 0) is 11.2 Å². The Hall–Kier alpha value is -0.700. The Morgan fingerprint density at radius 3 is 2.73 bits per heavy atom. The van der Waals surface area contributed by atoms with Crippen LogP contribution in [0.2, 0.25) is 0 Å². The first-order valence-corrected chi connectivity index (χ1v) is 6.49. The maximum Gasteiger partial charge on any atom is 0.126 e. The molecule has 0 N–H and O–H groups in total. The molecule has 0 aromatic carbocycles. The third-order valence-electron chi connectivity index (χ3n) is 3.30. The number of hydrogen-bond donors (Lipinski definition) is 0. The highest BCUT2D eigenvalue weighted by Crippen LogP contribution is 2.37. The van der Waals surface area contributed by atoms with Crippen molar-refractivity contribution in [3.05, 3.63) is 16.1 Å². The fourth-order valence-electron chi connectivity index (χ4n) is 2.44. The van der Waals surface area contributed by atoms with Crippen LogP contribution in [0.25, 0.3) is 0 Å². The fourth-order valence-corrected chi connectivity index (χ4v) is 3.05. The van der Waals surface area contributed by atoms with Gasteiger partial charge >= 0.3 is 0 Å². The summed E-state index contributed by atoms with van der Waals surface area (Å²) < 4.78 is 0. The van der Waals surface area contributed by atoms with Gasteiger partial charge in [0.2, 0.25) is 0 Å². The van der Waals surface area contributed by atoms with E-state index in [9.17, 15) is 4.79 Å². The standard InChI is InChI=1S/C12H17NOS/c1-10-13-11(8-15-10)7-12(9-14)5-3-2-4-6-12/h8-9H,2-7H2,1H3. The number of hydrogen-bond acceptors (Lipinski definition) is 3. The summed E-state index contributed by atoms with van der Waals surface area (Å²) in [6.07, 6.45) is 7.80. The van der Waals surface area contributed by atoms with Crippen LogP contribution in [0.4, 0.5) is 0 Å². The molecule has 1 aromatic rings. The lowest BCUT2D eigenvalue weighted by Crippen LogP contribution is -2.28. The van der Waals surface area contributed by atoms with Gasteiger partial charge in [0.25, 0.3) is 0 Å². The first-order valence-electron chi connectivity index (χ1n) is 5.61. The van der Waals surface area contributed by atoms with Gasteiger partial charge in [-0.25, -0.2) is 4.98 Å². The van der Waals surface area contributed by atoms with Crippen LogP contribution in [0, 0.1) is 12.3 Å². The van der Waals surface area contributed by atoms with Crippen molar-refractivity contribution in [1.82, 2.24) is 4.98 Å². The van der Waals surface area contributed by atoms with Gasteiger partial charge in [0.1, 0.15) is 6.29 Å². The molecule has 1 aliphatic carbocycles. The van der Waals surface area contributed by atoms with Crippen molar-refractivity contribution in [2.24, 2.45) is 5.41 Å². The Labute approximate surface area is 94.7 Å². The highest BCUT2D eigenvalue weighted by molar-refractivity contribution is 7.09. The molecular weight excluding hydrogens is 206 g/mol. The predicted octanol–water partition coefficient (Wildman–Crippen LogP) is 3.14. The van der Waals surface area contributed by atoms with Crippen LogP contribution in [-0.4, -0.2) is 11.3 Å². The van der Waals surface area contributed by atoms with Gasteiger partial charge in [0.05, 0.1) is 10.7 Å². The molecule has 2 nitrogen and oxygen atoms in total. The minimum Gasteiger partial charge on any atom is -0.303 e. The molecule has 1 saturated carbocycles. The van der Waals surface area contributed by atoms with E-state index < -0.39 is 0 Å². The topological polar surface area (TPSA) is 30.0 Å². The average Bonchev–Trinajstić information content (AvgIpc) is 2.65. The molecule has 1 heterocycles. The van der Waals surface area contributed by atoms with Gasteiger partial charge in [-0.15, -0.1) is 11.3 Å². The first-order chi connectivity index (χ1) is 7.24. The average molecular weight is 223 g/mol. The lowest BCUT2D eigenvalue weighted by Gasteiger charge is -2.31. The van der Waals surface area contributed by atoms with E-state index in [1.54, 1.807) is 11.3 Å². The quantitative estimate of drug-likeness (QED) is 0.737. The van der Waals surface area contributed by atoms with Crippen molar-refractivity contribution >= 4 is 17.6 Å². The second kappa shape index (κ2) is 4.44. The number of thiazole rings is 1. The molecule has 3 heteroatoms. The van der Waals surface area contributed by atoms with Crippen LogP contribution >= 0.6 is 11.3 Å². The van der Waals surface area contributed by atoms with Crippen molar-refractivity contribution < 1.29 is 4.79 Å². The summed E-state index contributed by atoms with van der Waals surface area (Å²) in [7, 11) is 0. The molecule has 0 amide bonds. The van der Waals surface area contributed by atoms with Crippen LogP contribution in [0.3, 0.4) is 0 Å². The number of aryl methyl sites for hydroxylation is 1. The number of carbonyl (C=O) groups is 1. The molecule has 0 aliphatic heterocycles. The van der Waals surface area contributed by atoms with Gasteiger partial charge in [-0.1, -0.05) is 19.3 Å². The molecule has 15 heavy (non-hydrogen) atoms. The Morgan fingerprint density at radius 1 is 1.47 bits per heavy atom. The number of rotatable bonds is 3. The van der Waals surface area contributed by atoms with Gasteiger partial charge in [0.15, 0.2) is 0 Å². The van der Waals surface area contributed by atoms with Gasteiger partial charge in [-0.05, 0) is 19.8 Å². The van der Waals surface area contributed by atoms with Crippen LogP contribution in [0.15, 0.2) is 5.38 Å². The summed E-state index contributed by atoms with van der Waals surface area (Å²) in [4.78, 5) is 15.7. The Bertz CT molecular complexity index is 339. The second-order valence-corrected chi connectivity index (χ2v) is 5.64. The maximum absolute atomic E-state index is 11.3. The molecule has 82 valence electrons. The van der Waals surface area contributed by atoms with Crippen molar-refractivity contribution in [3.8, 4) is 0 Å². The fraction of sp³-hybridized carbons (Fsp3) is 0.667. The van der Waals surface area contributed by atoms with E-state index in [4.69, 9.17) is 0 Å². The number of nitrogens with zero attached hydrogens (tertiary/aromatic N) is 1. The SMILES string of the molecule is Cc1nc(CC2(C=O)CCCCC2)cs1. The molecule has 0 spiro atoms. The van der Waals surface area contributed by atoms with Crippen LogP contribution in [0.5, 0.6) is 0 Å². The molecule has 1 aliphatic rings. The van der Waals surface area contributed by atoms with Crippen molar-refractivity contribution in [1.29, 1.82) is 0 Å². The minimum atomic E-state index is -0.0984. The highest BCUT2D eigenvalue weighted by atomic mass is 32.1. The second-order valence-electron chi connectivity index (χ2n) is 4.58. The zero-order valence-electron chi connectivity index (χ0n) is 9.16. The Morgan fingerprint density at radius 2 is 2.20 bits per heavy atom. The first kappa shape index (κ1) is 10.8. The summed E-state index contributed by atoms with van der Waals surface area (Å²) >= 11 is 1.68. The van der Waals surface area contributed by atoms with Gasteiger partial charge in [-0.2, -0.15) is 0 Å². The molecular formula is C12H17NOS. The monoisotopic (exact) mass is 223 g/mol. The van der Waals surface area contributed by atoms with E-state index in [-0.39, 0.29) is 5.41 Å². The largest absolute Gasteiger partial charge is 0.303 e. The van der Waals surface area contributed by atoms with E-state index in [1.807, 2.05) is 6.92 Å². The van der Waals surface area contributed by atoms with Crippen molar-refractivity contribution in [2.45, 2.75) is 45.4 Å². The van der Waals surface area contributed by atoms with Gasteiger partial charge < -0.3 is 4.79 Å². The third-order valence-corrected chi connectivity index (χ3v) is 4.12. The minimum absolute atomic E-state index is 0.0984. The number of carbonyl (C=O) groups excluding carboxylic acids is 1. The maximum atomic E-state index is 11.3. The lowest BCUT2D eigenvalue weighted by molar-refractivity contribution is -0.117. The number of aldehydes is 1. The van der Waals surface area contributed by atoms with Gasteiger partial charge in [0, 0.05) is 17.2 Å². The Balaban J connectivity index is 2.10. The third kappa shape index (κ3) is 2.46. The smallest absolute Gasteiger partial charge is 0.126 e. The summed E-state index contributed by atoms with van der Waals surface area (Å²) in [6.45, 7) is 2.02. The molecule has 0 saturated heterocycles. The summed E-state index contributed by atoms with van der Waals surface area (Å²) in [5.41, 5.74) is 1.00. The molecule has 0 atom stereocenters. The van der Waals surface area contributed by atoms with E-state index in [0.717, 1.165) is 30.0 Å². The van der Waals surface area contributed by atoms with Gasteiger partial charge in [-0.3, -0.25) is 0 Å². The summed E-state index contributed by atoms with van der Waals surface area (Å²) in [5, 5.41) is 3.19. The van der Waals surface area contributed by atoms with Crippen LogP contribution in [0.1, 0.15) is 42.8 Å². The number of aromatic nitrogens is 1. The van der Waals surface area contributed by atoms with E-state index in [2.05, 4.69) is 10.4 Å². The van der Waals surface area contributed by atoms with Crippen molar-refractivity contribution in [2.75, 3.05) is 0 Å². The summed E-state index contributed by atoms with van der Waals surface area (Å²) in [6, 6.07) is 0. The summed E-state index contributed by atoms with van der Waals surface area (Å²) in [5.74, 6) is 0. The molecule has 0 unspecified atom stereocenters. The normalized spacial score (nSPS) is 20.1.